The lowest BCUT2D eigenvalue weighted by Gasteiger charge is -2.24. The van der Waals surface area contributed by atoms with Crippen LogP contribution in [0.2, 0.25) is 0 Å². The van der Waals surface area contributed by atoms with Crippen molar-refractivity contribution in [1.29, 1.82) is 0 Å². The highest BCUT2D eigenvalue weighted by atomic mass is 16.4. The molecule has 0 aliphatic heterocycles. The second-order valence-corrected chi connectivity index (χ2v) is 6.49. The number of Topliss-reactive ketones (excluding diaryl/α,β-unsaturated/α-hetero) is 2. The van der Waals surface area contributed by atoms with E-state index in [1.807, 2.05) is 27.7 Å². The number of ketones is 2. The van der Waals surface area contributed by atoms with Gasteiger partial charge in [0, 0.05) is 11.8 Å². The van der Waals surface area contributed by atoms with Gasteiger partial charge in [-0.05, 0) is 24.7 Å². The first-order valence-electron chi connectivity index (χ1n) is 7.62. The van der Waals surface area contributed by atoms with E-state index < -0.39 is 35.3 Å². The molecular formula is C16H26O6. The Morgan fingerprint density at radius 2 is 0.909 bits per heavy atom. The van der Waals surface area contributed by atoms with Crippen LogP contribution in [0.5, 0.6) is 0 Å². The lowest BCUT2D eigenvalue weighted by molar-refractivity contribution is -0.156. The van der Waals surface area contributed by atoms with Gasteiger partial charge in [0.15, 0.2) is 0 Å². The predicted molar refractivity (Wildman–Crippen MR) is 80.4 cm³/mol. The monoisotopic (exact) mass is 314 g/mol. The first-order chi connectivity index (χ1) is 10.1. The van der Waals surface area contributed by atoms with Crippen LogP contribution in [0, 0.1) is 23.7 Å². The fraction of sp³-hybridized carbons (Fsp3) is 0.750. The third-order valence-corrected chi connectivity index (χ3v) is 3.69. The van der Waals surface area contributed by atoms with Crippen molar-refractivity contribution in [3.63, 3.8) is 0 Å². The summed E-state index contributed by atoms with van der Waals surface area (Å²) in [6, 6.07) is 0. The summed E-state index contributed by atoms with van der Waals surface area (Å²) in [5.41, 5.74) is 0. The minimum absolute atomic E-state index is 0.213. The molecule has 0 aromatic heterocycles. The first-order valence-corrected chi connectivity index (χ1v) is 7.62. The molecule has 0 aromatic carbocycles. The van der Waals surface area contributed by atoms with Gasteiger partial charge >= 0.3 is 11.9 Å². The van der Waals surface area contributed by atoms with Crippen molar-refractivity contribution in [1.82, 2.24) is 0 Å². The first kappa shape index (κ1) is 20.3. The van der Waals surface area contributed by atoms with Gasteiger partial charge in [-0.15, -0.1) is 0 Å². The van der Waals surface area contributed by atoms with E-state index in [0.717, 1.165) is 0 Å². The Morgan fingerprint density at radius 3 is 1.09 bits per heavy atom. The minimum atomic E-state index is -1.61. The van der Waals surface area contributed by atoms with Crippen molar-refractivity contribution in [3.8, 4) is 0 Å². The van der Waals surface area contributed by atoms with Gasteiger partial charge in [-0.3, -0.25) is 9.59 Å². The summed E-state index contributed by atoms with van der Waals surface area (Å²) in [7, 11) is 0. The van der Waals surface area contributed by atoms with Gasteiger partial charge in [-0.25, -0.2) is 9.59 Å². The van der Waals surface area contributed by atoms with Gasteiger partial charge in [-0.2, -0.15) is 0 Å². The number of carboxylic acid groups (broad SMARTS) is 2. The topological polar surface area (TPSA) is 109 Å². The summed E-state index contributed by atoms with van der Waals surface area (Å²) >= 11 is 0. The number of hydrogen-bond acceptors (Lipinski definition) is 4. The highest BCUT2D eigenvalue weighted by Crippen LogP contribution is 2.28. The van der Waals surface area contributed by atoms with Gasteiger partial charge in [0.1, 0.15) is 0 Å². The standard InChI is InChI=1S/C16H26O6/c1-9(2)5-7-11(13(17)15(19)20)12(8-6-10(3)4)14(18)16(21)22/h9-12H,5-8H2,1-4H3,(H,19,20)(H,21,22). The van der Waals surface area contributed by atoms with Crippen LogP contribution >= 0.6 is 0 Å². The smallest absolute Gasteiger partial charge is 0.372 e. The number of carboxylic acids is 2. The van der Waals surface area contributed by atoms with Crippen LogP contribution < -0.4 is 0 Å². The molecule has 6 heteroatoms. The van der Waals surface area contributed by atoms with Crippen molar-refractivity contribution in [3.05, 3.63) is 0 Å². The molecule has 6 nitrogen and oxygen atoms in total. The molecule has 126 valence electrons. The maximum absolute atomic E-state index is 11.9. The SMILES string of the molecule is CC(C)CCC(C(=O)C(=O)O)C(CCC(C)C)C(=O)C(=O)O. The molecule has 0 saturated carbocycles. The van der Waals surface area contributed by atoms with E-state index >= 15 is 0 Å². The van der Waals surface area contributed by atoms with Crippen LogP contribution in [0.1, 0.15) is 53.4 Å². The van der Waals surface area contributed by atoms with Gasteiger partial charge in [0.05, 0.1) is 0 Å². The molecule has 0 aromatic rings. The van der Waals surface area contributed by atoms with E-state index in [4.69, 9.17) is 10.2 Å². The molecule has 0 heterocycles. The Labute approximate surface area is 130 Å². The summed E-state index contributed by atoms with van der Waals surface area (Å²) in [6.45, 7) is 7.68. The second-order valence-electron chi connectivity index (χ2n) is 6.49. The molecule has 0 saturated heterocycles. The quantitative estimate of drug-likeness (QED) is 0.567. The van der Waals surface area contributed by atoms with E-state index in [1.165, 1.54) is 0 Å². The number of aliphatic carboxylic acids is 2. The van der Waals surface area contributed by atoms with E-state index in [1.54, 1.807) is 0 Å². The van der Waals surface area contributed by atoms with Crippen molar-refractivity contribution in [2.45, 2.75) is 53.4 Å². The fourth-order valence-corrected chi connectivity index (χ4v) is 2.37. The molecule has 2 N–H and O–H groups in total. The summed E-state index contributed by atoms with van der Waals surface area (Å²) in [6.07, 6.45) is 1.55. The van der Waals surface area contributed by atoms with E-state index in [2.05, 4.69) is 0 Å². The van der Waals surface area contributed by atoms with Gasteiger partial charge in [-0.1, -0.05) is 40.5 Å². The minimum Gasteiger partial charge on any atom is -0.475 e. The molecule has 2 atom stereocenters. The number of carbonyl (C=O) groups excluding carboxylic acids is 2. The zero-order chi connectivity index (χ0) is 17.4. The van der Waals surface area contributed by atoms with E-state index in [9.17, 15) is 19.2 Å². The average Bonchev–Trinajstić information content (AvgIpc) is 2.40. The lowest BCUT2D eigenvalue weighted by atomic mass is 9.77. The molecule has 0 aliphatic rings. The van der Waals surface area contributed by atoms with Crippen molar-refractivity contribution in [2.75, 3.05) is 0 Å². The van der Waals surface area contributed by atoms with Gasteiger partial charge in [0.2, 0.25) is 11.6 Å². The van der Waals surface area contributed by atoms with E-state index in [-0.39, 0.29) is 24.7 Å². The number of hydrogen-bond donors (Lipinski definition) is 2. The Hall–Kier alpha value is -1.72. The molecule has 0 bridgehead atoms. The Kier molecular flexibility index (Phi) is 8.60. The molecule has 0 aliphatic carbocycles. The number of carbonyl (C=O) groups is 4. The molecule has 0 radical (unpaired) electrons. The Balaban J connectivity index is 5.39. The largest absolute Gasteiger partial charge is 0.475 e. The van der Waals surface area contributed by atoms with Crippen LogP contribution in [-0.4, -0.2) is 33.7 Å². The van der Waals surface area contributed by atoms with Crippen molar-refractivity contribution >= 4 is 23.5 Å². The van der Waals surface area contributed by atoms with Gasteiger partial charge < -0.3 is 10.2 Å². The van der Waals surface area contributed by atoms with Crippen molar-refractivity contribution < 1.29 is 29.4 Å². The van der Waals surface area contributed by atoms with Gasteiger partial charge in [0.25, 0.3) is 0 Å². The van der Waals surface area contributed by atoms with Crippen LogP contribution in [0.25, 0.3) is 0 Å². The summed E-state index contributed by atoms with van der Waals surface area (Å²) in [5.74, 6) is -7.02. The summed E-state index contributed by atoms with van der Waals surface area (Å²) < 4.78 is 0. The maximum Gasteiger partial charge on any atom is 0.372 e. The second kappa shape index (κ2) is 9.33. The Morgan fingerprint density at radius 1 is 0.636 bits per heavy atom. The summed E-state index contributed by atoms with van der Waals surface area (Å²) in [5, 5.41) is 17.9. The lowest BCUT2D eigenvalue weighted by Crippen LogP contribution is -2.37. The third-order valence-electron chi connectivity index (χ3n) is 3.69. The normalized spacial score (nSPS) is 13.9. The predicted octanol–water partition coefficient (Wildman–Crippen LogP) is 2.40. The van der Waals surface area contributed by atoms with E-state index in [0.29, 0.717) is 12.8 Å². The fourth-order valence-electron chi connectivity index (χ4n) is 2.37. The van der Waals surface area contributed by atoms with Crippen LogP contribution in [0.3, 0.4) is 0 Å². The molecule has 0 amide bonds. The highest BCUT2D eigenvalue weighted by Gasteiger charge is 2.38. The number of rotatable bonds is 11. The average molecular weight is 314 g/mol. The molecular weight excluding hydrogens is 288 g/mol. The highest BCUT2D eigenvalue weighted by molar-refractivity contribution is 6.37. The maximum atomic E-state index is 11.9. The zero-order valence-electron chi connectivity index (χ0n) is 13.7. The zero-order valence-corrected chi connectivity index (χ0v) is 13.7. The molecule has 0 spiro atoms. The molecule has 0 rings (SSSR count). The van der Waals surface area contributed by atoms with Crippen LogP contribution in [-0.2, 0) is 19.2 Å². The Bertz CT molecular complexity index is 384. The van der Waals surface area contributed by atoms with Crippen molar-refractivity contribution in [2.24, 2.45) is 23.7 Å². The van der Waals surface area contributed by atoms with Crippen LogP contribution in [0.4, 0.5) is 0 Å². The molecule has 22 heavy (non-hydrogen) atoms. The van der Waals surface area contributed by atoms with Crippen LogP contribution in [0.15, 0.2) is 0 Å². The molecule has 0 fully saturated rings. The molecule has 2 unspecified atom stereocenters. The summed E-state index contributed by atoms with van der Waals surface area (Å²) in [4.78, 5) is 45.9. The third kappa shape index (κ3) is 6.83.